The van der Waals surface area contributed by atoms with Crippen molar-refractivity contribution in [3.05, 3.63) is 36.5 Å². The van der Waals surface area contributed by atoms with Crippen LogP contribution in [0.4, 0.5) is 5.95 Å². The molecular formula is C14H17N5O. The van der Waals surface area contributed by atoms with Gasteiger partial charge in [0.2, 0.25) is 11.8 Å². The second kappa shape index (κ2) is 5.81. The van der Waals surface area contributed by atoms with E-state index in [4.69, 9.17) is 4.74 Å². The first kappa shape index (κ1) is 12.8. The van der Waals surface area contributed by atoms with Crippen molar-refractivity contribution in [2.45, 2.75) is 25.9 Å². The maximum atomic E-state index is 5.90. The number of nitrogens with zero attached hydrogens (tertiary/aromatic N) is 5. The van der Waals surface area contributed by atoms with Crippen LogP contribution in [0.1, 0.15) is 18.7 Å². The van der Waals surface area contributed by atoms with Crippen LogP contribution in [0.2, 0.25) is 0 Å². The van der Waals surface area contributed by atoms with Crippen LogP contribution in [0.15, 0.2) is 30.7 Å². The standard InChI is InChI=1S/C14H17N5O/c1-11-15-8-3-13(18-11)20-12-4-9-19(10-5-12)14-16-6-2-7-17-14/h2-3,6-8,12H,4-5,9-10H2,1H3. The van der Waals surface area contributed by atoms with E-state index in [0.29, 0.717) is 5.88 Å². The lowest BCUT2D eigenvalue weighted by Gasteiger charge is -2.31. The van der Waals surface area contributed by atoms with Crippen molar-refractivity contribution < 1.29 is 4.74 Å². The zero-order valence-corrected chi connectivity index (χ0v) is 11.4. The number of hydrogen-bond donors (Lipinski definition) is 0. The molecule has 0 aromatic carbocycles. The Morgan fingerprint density at radius 3 is 2.55 bits per heavy atom. The highest BCUT2D eigenvalue weighted by atomic mass is 16.5. The summed E-state index contributed by atoms with van der Waals surface area (Å²) in [5, 5.41) is 0. The number of hydrogen-bond acceptors (Lipinski definition) is 6. The van der Waals surface area contributed by atoms with Gasteiger partial charge in [0.15, 0.2) is 0 Å². The van der Waals surface area contributed by atoms with Crippen LogP contribution < -0.4 is 9.64 Å². The molecule has 1 fully saturated rings. The molecule has 0 atom stereocenters. The third-order valence-electron chi connectivity index (χ3n) is 3.31. The summed E-state index contributed by atoms with van der Waals surface area (Å²) < 4.78 is 5.90. The largest absolute Gasteiger partial charge is 0.474 e. The van der Waals surface area contributed by atoms with E-state index in [0.717, 1.165) is 37.7 Å². The van der Waals surface area contributed by atoms with Crippen molar-refractivity contribution >= 4 is 5.95 Å². The van der Waals surface area contributed by atoms with E-state index in [9.17, 15) is 0 Å². The Hall–Kier alpha value is -2.24. The van der Waals surface area contributed by atoms with E-state index in [1.54, 1.807) is 24.7 Å². The van der Waals surface area contributed by atoms with E-state index in [1.165, 1.54) is 0 Å². The fourth-order valence-electron chi connectivity index (χ4n) is 2.30. The van der Waals surface area contributed by atoms with Crippen molar-refractivity contribution in [2.24, 2.45) is 0 Å². The average molecular weight is 271 g/mol. The summed E-state index contributed by atoms with van der Waals surface area (Å²) in [5.74, 6) is 2.19. The summed E-state index contributed by atoms with van der Waals surface area (Å²) in [6.45, 7) is 3.67. The first-order valence-electron chi connectivity index (χ1n) is 6.79. The van der Waals surface area contributed by atoms with Gasteiger partial charge in [0.05, 0.1) is 0 Å². The van der Waals surface area contributed by atoms with Crippen molar-refractivity contribution in [1.29, 1.82) is 0 Å². The molecule has 3 heterocycles. The molecule has 0 spiro atoms. The van der Waals surface area contributed by atoms with Gasteiger partial charge in [-0.1, -0.05) is 0 Å². The monoisotopic (exact) mass is 271 g/mol. The lowest BCUT2D eigenvalue weighted by atomic mass is 10.1. The molecule has 1 aliphatic heterocycles. The van der Waals surface area contributed by atoms with Gasteiger partial charge >= 0.3 is 0 Å². The van der Waals surface area contributed by atoms with Gasteiger partial charge in [-0.05, 0) is 13.0 Å². The Kier molecular flexibility index (Phi) is 3.71. The van der Waals surface area contributed by atoms with Gasteiger partial charge in [-0.2, -0.15) is 4.98 Å². The minimum absolute atomic E-state index is 0.198. The van der Waals surface area contributed by atoms with E-state index < -0.39 is 0 Å². The highest BCUT2D eigenvalue weighted by Crippen LogP contribution is 2.19. The van der Waals surface area contributed by atoms with Crippen LogP contribution in [0, 0.1) is 6.92 Å². The van der Waals surface area contributed by atoms with E-state index in [-0.39, 0.29) is 6.10 Å². The molecular weight excluding hydrogens is 254 g/mol. The summed E-state index contributed by atoms with van der Waals surface area (Å²) in [6.07, 6.45) is 7.36. The predicted octanol–water partition coefficient (Wildman–Crippen LogP) is 1.62. The predicted molar refractivity (Wildman–Crippen MR) is 74.7 cm³/mol. The number of rotatable bonds is 3. The summed E-state index contributed by atoms with van der Waals surface area (Å²) in [6, 6.07) is 3.64. The molecule has 20 heavy (non-hydrogen) atoms. The number of piperidine rings is 1. The van der Waals surface area contributed by atoms with Crippen molar-refractivity contribution in [3.8, 4) is 5.88 Å². The van der Waals surface area contributed by atoms with Crippen LogP contribution >= 0.6 is 0 Å². The second-order valence-electron chi connectivity index (χ2n) is 4.80. The van der Waals surface area contributed by atoms with Crippen molar-refractivity contribution in [1.82, 2.24) is 19.9 Å². The van der Waals surface area contributed by atoms with Crippen molar-refractivity contribution in [3.63, 3.8) is 0 Å². The molecule has 0 aliphatic carbocycles. The molecule has 6 heteroatoms. The number of ether oxygens (including phenoxy) is 1. The van der Waals surface area contributed by atoms with Gasteiger partial charge in [-0.3, -0.25) is 0 Å². The molecule has 0 radical (unpaired) electrons. The number of anilines is 1. The molecule has 3 rings (SSSR count). The Morgan fingerprint density at radius 1 is 1.10 bits per heavy atom. The molecule has 1 saturated heterocycles. The maximum Gasteiger partial charge on any atom is 0.225 e. The molecule has 1 aliphatic rings. The highest BCUT2D eigenvalue weighted by molar-refractivity contribution is 5.29. The van der Waals surface area contributed by atoms with Gasteiger partial charge in [-0.25, -0.2) is 15.0 Å². The van der Waals surface area contributed by atoms with Gasteiger partial charge in [0.1, 0.15) is 11.9 Å². The fraction of sp³-hybridized carbons (Fsp3) is 0.429. The summed E-state index contributed by atoms with van der Waals surface area (Å²) in [4.78, 5) is 19.1. The van der Waals surface area contributed by atoms with E-state index >= 15 is 0 Å². The van der Waals surface area contributed by atoms with Gasteiger partial charge in [0.25, 0.3) is 0 Å². The van der Waals surface area contributed by atoms with E-state index in [1.807, 2.05) is 13.0 Å². The average Bonchev–Trinajstić information content (AvgIpc) is 2.49. The highest BCUT2D eigenvalue weighted by Gasteiger charge is 2.22. The van der Waals surface area contributed by atoms with Gasteiger partial charge in [0, 0.05) is 50.6 Å². The number of aromatic nitrogens is 4. The van der Waals surface area contributed by atoms with Crippen LogP contribution in [0.5, 0.6) is 5.88 Å². The Balaban J connectivity index is 1.56. The number of aryl methyl sites for hydroxylation is 1. The SMILES string of the molecule is Cc1nccc(OC2CCN(c3ncccn3)CC2)n1. The Morgan fingerprint density at radius 2 is 1.85 bits per heavy atom. The molecule has 104 valence electrons. The molecule has 0 N–H and O–H groups in total. The van der Waals surface area contributed by atoms with Crippen LogP contribution in [0.3, 0.4) is 0 Å². The van der Waals surface area contributed by atoms with E-state index in [2.05, 4.69) is 24.8 Å². The molecule has 2 aromatic heterocycles. The molecule has 0 amide bonds. The first-order valence-corrected chi connectivity index (χ1v) is 6.79. The minimum Gasteiger partial charge on any atom is -0.474 e. The smallest absolute Gasteiger partial charge is 0.225 e. The lowest BCUT2D eigenvalue weighted by molar-refractivity contribution is 0.163. The topological polar surface area (TPSA) is 64.0 Å². The second-order valence-corrected chi connectivity index (χ2v) is 4.80. The van der Waals surface area contributed by atoms with Crippen LogP contribution in [-0.2, 0) is 0 Å². The quantitative estimate of drug-likeness (QED) is 0.845. The first-order chi connectivity index (χ1) is 9.81. The molecule has 0 saturated carbocycles. The van der Waals surface area contributed by atoms with Crippen molar-refractivity contribution in [2.75, 3.05) is 18.0 Å². The third-order valence-corrected chi connectivity index (χ3v) is 3.31. The minimum atomic E-state index is 0.198. The molecule has 0 bridgehead atoms. The lowest BCUT2D eigenvalue weighted by Crippen LogP contribution is -2.39. The van der Waals surface area contributed by atoms with Gasteiger partial charge in [-0.15, -0.1) is 0 Å². The zero-order chi connectivity index (χ0) is 13.8. The molecule has 6 nitrogen and oxygen atoms in total. The maximum absolute atomic E-state index is 5.90. The normalized spacial score (nSPS) is 16.1. The fourth-order valence-corrected chi connectivity index (χ4v) is 2.30. The summed E-state index contributed by atoms with van der Waals surface area (Å²) >= 11 is 0. The van der Waals surface area contributed by atoms with Crippen LogP contribution in [0.25, 0.3) is 0 Å². The van der Waals surface area contributed by atoms with Crippen LogP contribution in [-0.4, -0.2) is 39.1 Å². The Bertz CT molecular complexity index is 555. The third kappa shape index (κ3) is 3.01. The zero-order valence-electron chi connectivity index (χ0n) is 11.4. The molecule has 2 aromatic rings. The summed E-state index contributed by atoms with van der Waals surface area (Å²) in [5.41, 5.74) is 0. The van der Waals surface area contributed by atoms with Gasteiger partial charge < -0.3 is 9.64 Å². The Labute approximate surface area is 117 Å². The molecule has 0 unspecified atom stereocenters. The summed E-state index contributed by atoms with van der Waals surface area (Å²) in [7, 11) is 0.